The molecule has 2 aromatic rings. The number of hydrogen-bond donors (Lipinski definition) is 5. The van der Waals surface area contributed by atoms with E-state index in [9.17, 15) is 24.0 Å². The van der Waals surface area contributed by atoms with Crippen LogP contribution in [0.1, 0.15) is 58.9 Å². The molecule has 14 heteroatoms. The third-order valence-electron chi connectivity index (χ3n) is 5.99. The Balaban J connectivity index is 1.93. The van der Waals surface area contributed by atoms with Crippen LogP contribution in [-0.4, -0.2) is 67.7 Å². The van der Waals surface area contributed by atoms with Gasteiger partial charge in [0.15, 0.2) is 6.33 Å². The highest BCUT2D eigenvalue weighted by atomic mass is 16.4. The summed E-state index contributed by atoms with van der Waals surface area (Å²) in [6.45, 7) is 6.90. The third kappa shape index (κ3) is 10.7. The van der Waals surface area contributed by atoms with E-state index in [-0.39, 0.29) is 25.2 Å². The normalized spacial score (nSPS) is 12.2. The molecule has 0 spiro atoms. The van der Waals surface area contributed by atoms with Crippen LogP contribution in [0.5, 0.6) is 0 Å². The number of carbonyl (C=O) groups excluding carboxylic acids is 4. The van der Waals surface area contributed by atoms with E-state index in [0.29, 0.717) is 18.8 Å². The average Bonchev–Trinajstić information content (AvgIpc) is 2.87. The molecule has 4 amide bonds. The Bertz CT molecular complexity index is 1200. The van der Waals surface area contributed by atoms with Gasteiger partial charge in [-0.3, -0.25) is 24.0 Å². The summed E-state index contributed by atoms with van der Waals surface area (Å²) >= 11 is 0. The topological polar surface area (TPSA) is 219 Å². The minimum atomic E-state index is -1.25. The SMILES string of the molecule is CC(C)(CC(=O)NC(CCC(N)=O)C(=O)NCC(=O)O)CC(C)(C)C(=O)NCc1ccc(-c2nncnn2)cc1. The molecule has 0 aliphatic carbocycles. The average molecular weight is 557 g/mol. The number of benzene rings is 1. The first-order valence-corrected chi connectivity index (χ1v) is 12.6. The number of amides is 4. The molecule has 1 atom stereocenters. The number of hydrogen-bond acceptors (Lipinski definition) is 9. The van der Waals surface area contributed by atoms with Crippen LogP contribution < -0.4 is 21.7 Å². The van der Waals surface area contributed by atoms with Gasteiger partial charge in [0.25, 0.3) is 0 Å². The highest BCUT2D eigenvalue weighted by Gasteiger charge is 2.36. The van der Waals surface area contributed by atoms with Crippen molar-refractivity contribution in [3.05, 3.63) is 36.2 Å². The molecule has 0 radical (unpaired) electrons. The first-order chi connectivity index (χ1) is 18.7. The molecule has 0 aliphatic rings. The van der Waals surface area contributed by atoms with Crippen LogP contribution in [0.4, 0.5) is 0 Å². The molecule has 0 saturated carbocycles. The summed E-state index contributed by atoms with van der Waals surface area (Å²) in [5.41, 5.74) is 5.30. The molecular weight excluding hydrogens is 520 g/mol. The van der Waals surface area contributed by atoms with E-state index in [1.54, 1.807) is 13.8 Å². The van der Waals surface area contributed by atoms with Gasteiger partial charge in [-0.1, -0.05) is 52.0 Å². The minimum absolute atomic E-state index is 0.0181. The van der Waals surface area contributed by atoms with Gasteiger partial charge < -0.3 is 26.8 Å². The van der Waals surface area contributed by atoms with E-state index >= 15 is 0 Å². The predicted octanol–water partition coefficient (Wildman–Crippen LogP) is 0.334. The van der Waals surface area contributed by atoms with Crippen molar-refractivity contribution in [2.45, 2.75) is 66.0 Å². The summed E-state index contributed by atoms with van der Waals surface area (Å²) in [4.78, 5) is 60.2. The van der Waals surface area contributed by atoms with Gasteiger partial charge in [-0.15, -0.1) is 20.4 Å². The fourth-order valence-corrected chi connectivity index (χ4v) is 4.37. The molecule has 40 heavy (non-hydrogen) atoms. The molecule has 0 bridgehead atoms. The molecule has 0 fully saturated rings. The van der Waals surface area contributed by atoms with Crippen LogP contribution in [0.25, 0.3) is 11.4 Å². The second-order valence-corrected chi connectivity index (χ2v) is 10.9. The number of carboxylic acid groups (broad SMARTS) is 1. The van der Waals surface area contributed by atoms with Gasteiger partial charge in [0.1, 0.15) is 12.6 Å². The number of aliphatic carboxylic acids is 1. The van der Waals surface area contributed by atoms with Crippen molar-refractivity contribution in [2.75, 3.05) is 6.54 Å². The maximum absolute atomic E-state index is 13.0. The summed E-state index contributed by atoms with van der Waals surface area (Å²) in [6.07, 6.45) is 1.33. The zero-order valence-electron chi connectivity index (χ0n) is 23.1. The Hall–Kier alpha value is -4.49. The number of nitrogens with two attached hydrogens (primary N) is 1. The molecule has 1 unspecified atom stereocenters. The summed E-state index contributed by atoms with van der Waals surface area (Å²) in [5.74, 6) is -2.91. The first kappa shape index (κ1) is 31.7. The lowest BCUT2D eigenvalue weighted by molar-refractivity contribution is -0.138. The molecule has 6 N–H and O–H groups in total. The van der Waals surface area contributed by atoms with Gasteiger partial charge in [0.05, 0.1) is 0 Å². The van der Waals surface area contributed by atoms with Crippen LogP contribution in [0.3, 0.4) is 0 Å². The standard InChI is InChI=1S/C26H36N8O6/c1-25(2,11-20(36)32-18(9-10-19(27)35)23(39)28-13-21(37)38)14-26(3,4)24(40)29-12-16-5-7-17(8-6-16)22-33-30-15-31-34-22/h5-8,15,18H,9-14H2,1-4H3,(H2,27,35)(H,28,39)(H,29,40)(H,32,36)(H,37,38). The van der Waals surface area contributed by atoms with Crippen LogP contribution in [0, 0.1) is 10.8 Å². The van der Waals surface area contributed by atoms with Crippen molar-refractivity contribution < 1.29 is 29.1 Å². The third-order valence-corrected chi connectivity index (χ3v) is 5.99. The minimum Gasteiger partial charge on any atom is -0.480 e. The van der Waals surface area contributed by atoms with Crippen molar-refractivity contribution in [3.8, 4) is 11.4 Å². The monoisotopic (exact) mass is 556 g/mol. The number of nitrogens with zero attached hydrogens (tertiary/aromatic N) is 4. The fraction of sp³-hybridized carbons (Fsp3) is 0.500. The predicted molar refractivity (Wildman–Crippen MR) is 143 cm³/mol. The molecule has 1 aromatic heterocycles. The molecule has 216 valence electrons. The maximum Gasteiger partial charge on any atom is 0.322 e. The van der Waals surface area contributed by atoms with E-state index in [1.165, 1.54) is 6.33 Å². The van der Waals surface area contributed by atoms with Crippen molar-refractivity contribution >= 4 is 29.6 Å². The molecule has 1 heterocycles. The van der Waals surface area contributed by atoms with Gasteiger partial charge in [-0.25, -0.2) is 0 Å². The number of rotatable bonds is 15. The van der Waals surface area contributed by atoms with E-state index in [1.807, 2.05) is 38.1 Å². The maximum atomic E-state index is 13.0. The van der Waals surface area contributed by atoms with E-state index < -0.39 is 47.1 Å². The highest BCUT2D eigenvalue weighted by molar-refractivity contribution is 5.90. The van der Waals surface area contributed by atoms with Crippen LogP contribution in [0.15, 0.2) is 30.6 Å². The largest absolute Gasteiger partial charge is 0.480 e. The van der Waals surface area contributed by atoms with Crippen molar-refractivity contribution in [3.63, 3.8) is 0 Å². The smallest absolute Gasteiger partial charge is 0.322 e. The van der Waals surface area contributed by atoms with Gasteiger partial charge in [-0.05, 0) is 23.8 Å². The van der Waals surface area contributed by atoms with E-state index in [2.05, 4.69) is 36.3 Å². The molecule has 14 nitrogen and oxygen atoms in total. The molecular formula is C26H36N8O6. The van der Waals surface area contributed by atoms with Crippen molar-refractivity contribution in [1.29, 1.82) is 0 Å². The second-order valence-electron chi connectivity index (χ2n) is 10.9. The number of nitrogens with one attached hydrogen (secondary N) is 3. The van der Waals surface area contributed by atoms with Crippen molar-refractivity contribution in [1.82, 2.24) is 36.3 Å². The van der Waals surface area contributed by atoms with Crippen LogP contribution in [0.2, 0.25) is 0 Å². The second kappa shape index (κ2) is 14.1. The Morgan fingerprint density at radius 2 is 1.60 bits per heavy atom. The van der Waals surface area contributed by atoms with E-state index in [4.69, 9.17) is 10.8 Å². The number of carbonyl (C=O) groups is 5. The molecule has 0 aliphatic heterocycles. The number of primary amides is 1. The summed E-state index contributed by atoms with van der Waals surface area (Å²) < 4.78 is 0. The Morgan fingerprint density at radius 3 is 2.17 bits per heavy atom. The lowest BCUT2D eigenvalue weighted by Gasteiger charge is -2.34. The van der Waals surface area contributed by atoms with Gasteiger partial charge in [0.2, 0.25) is 29.5 Å². The van der Waals surface area contributed by atoms with E-state index in [0.717, 1.165) is 11.1 Å². The Kier molecular flexibility index (Phi) is 11.1. The number of carboxylic acids is 1. The van der Waals surface area contributed by atoms with Gasteiger partial charge in [-0.2, -0.15) is 0 Å². The number of aromatic nitrogens is 4. The van der Waals surface area contributed by atoms with Crippen LogP contribution >= 0.6 is 0 Å². The van der Waals surface area contributed by atoms with Gasteiger partial charge >= 0.3 is 5.97 Å². The molecule has 0 saturated heterocycles. The Morgan fingerprint density at radius 1 is 0.975 bits per heavy atom. The quantitative estimate of drug-likeness (QED) is 0.202. The highest BCUT2D eigenvalue weighted by Crippen LogP contribution is 2.36. The van der Waals surface area contributed by atoms with Crippen molar-refractivity contribution in [2.24, 2.45) is 16.6 Å². The van der Waals surface area contributed by atoms with Crippen LogP contribution in [-0.2, 0) is 30.5 Å². The van der Waals surface area contributed by atoms with Gasteiger partial charge in [0, 0.05) is 30.4 Å². The first-order valence-electron chi connectivity index (χ1n) is 12.6. The zero-order valence-corrected chi connectivity index (χ0v) is 23.1. The Labute approximate surface area is 231 Å². The summed E-state index contributed by atoms with van der Waals surface area (Å²) in [7, 11) is 0. The summed E-state index contributed by atoms with van der Waals surface area (Å²) in [5, 5.41) is 31.7. The lowest BCUT2D eigenvalue weighted by atomic mass is 9.72. The molecule has 1 aromatic carbocycles. The fourth-order valence-electron chi connectivity index (χ4n) is 4.37. The lowest BCUT2D eigenvalue weighted by Crippen LogP contribution is -2.49. The zero-order chi connectivity index (χ0) is 29.9. The summed E-state index contributed by atoms with van der Waals surface area (Å²) in [6, 6.07) is 6.18. The molecule has 2 rings (SSSR count).